The lowest BCUT2D eigenvalue weighted by Crippen LogP contribution is -2.02. The summed E-state index contributed by atoms with van der Waals surface area (Å²) in [6, 6.07) is 6.43. The summed E-state index contributed by atoms with van der Waals surface area (Å²) in [6.45, 7) is 4.11. The number of tetrazole rings is 1. The largest absolute Gasteiger partial charge is 0.478 e. The molecule has 0 aliphatic heterocycles. The van der Waals surface area contributed by atoms with Gasteiger partial charge in [-0.25, -0.2) is 4.79 Å². The Hall–Kier alpha value is -1.89. The van der Waals surface area contributed by atoms with E-state index in [9.17, 15) is 4.79 Å². The molecule has 6 nitrogen and oxygen atoms in total. The first-order valence-electron chi connectivity index (χ1n) is 5.36. The van der Waals surface area contributed by atoms with Gasteiger partial charge >= 0.3 is 5.97 Å². The molecular formula is C11H12N4O2S. The Morgan fingerprint density at radius 3 is 2.56 bits per heavy atom. The summed E-state index contributed by atoms with van der Waals surface area (Å²) in [5.41, 5.74) is 0.984. The van der Waals surface area contributed by atoms with Crippen LogP contribution in [0.4, 0.5) is 0 Å². The van der Waals surface area contributed by atoms with Crippen LogP contribution in [0.5, 0.6) is 0 Å². The van der Waals surface area contributed by atoms with Crippen molar-refractivity contribution in [2.24, 2.45) is 0 Å². The van der Waals surface area contributed by atoms with Crippen LogP contribution in [-0.2, 0) is 0 Å². The lowest BCUT2D eigenvalue weighted by Gasteiger charge is -2.06. The van der Waals surface area contributed by atoms with E-state index in [1.54, 1.807) is 28.6 Å². The van der Waals surface area contributed by atoms with Gasteiger partial charge in [-0.3, -0.25) is 0 Å². The highest BCUT2D eigenvalue weighted by molar-refractivity contribution is 7.99. The van der Waals surface area contributed by atoms with E-state index in [4.69, 9.17) is 5.11 Å². The number of rotatable bonds is 4. The van der Waals surface area contributed by atoms with E-state index >= 15 is 0 Å². The number of carbonyl (C=O) groups is 1. The van der Waals surface area contributed by atoms with Crippen LogP contribution in [-0.4, -0.2) is 36.5 Å². The summed E-state index contributed by atoms with van der Waals surface area (Å²) in [6.07, 6.45) is 0. The minimum Gasteiger partial charge on any atom is -0.478 e. The molecule has 0 atom stereocenters. The van der Waals surface area contributed by atoms with E-state index < -0.39 is 5.97 Å². The zero-order valence-electron chi connectivity index (χ0n) is 9.94. The SMILES string of the molecule is CC(C)Sc1nnnn1-c1ccc(C(=O)O)cc1. The average molecular weight is 264 g/mol. The molecule has 2 rings (SSSR count). The Bertz CT molecular complexity index is 550. The normalized spacial score (nSPS) is 10.8. The molecule has 0 spiro atoms. The van der Waals surface area contributed by atoms with Crippen LogP contribution in [0.2, 0.25) is 0 Å². The zero-order chi connectivity index (χ0) is 13.1. The fourth-order valence-electron chi connectivity index (χ4n) is 1.37. The molecule has 0 unspecified atom stereocenters. The van der Waals surface area contributed by atoms with Crippen LogP contribution in [0.15, 0.2) is 29.4 Å². The molecule has 0 saturated carbocycles. The molecule has 0 aliphatic carbocycles. The summed E-state index contributed by atoms with van der Waals surface area (Å²) >= 11 is 1.55. The fraction of sp³-hybridized carbons (Fsp3) is 0.273. The van der Waals surface area contributed by atoms with Gasteiger partial charge in [0.15, 0.2) is 0 Å². The third-order valence-corrected chi connectivity index (χ3v) is 3.08. The third kappa shape index (κ3) is 2.67. The van der Waals surface area contributed by atoms with Gasteiger partial charge in [0.25, 0.3) is 0 Å². The maximum Gasteiger partial charge on any atom is 0.335 e. The first kappa shape index (κ1) is 12.6. The standard InChI is InChI=1S/C11H12N4O2S/c1-7(2)18-11-12-13-14-15(11)9-5-3-8(4-6-9)10(16)17/h3-7H,1-2H3,(H,16,17). The number of carboxylic acid groups (broad SMARTS) is 1. The quantitative estimate of drug-likeness (QED) is 0.849. The summed E-state index contributed by atoms with van der Waals surface area (Å²) in [7, 11) is 0. The van der Waals surface area contributed by atoms with Gasteiger partial charge in [0.05, 0.1) is 11.3 Å². The number of thioether (sulfide) groups is 1. The second-order valence-electron chi connectivity index (χ2n) is 3.89. The maximum atomic E-state index is 10.8. The van der Waals surface area contributed by atoms with Crippen LogP contribution in [0.1, 0.15) is 24.2 Å². The lowest BCUT2D eigenvalue weighted by molar-refractivity contribution is 0.0697. The minimum absolute atomic E-state index is 0.241. The average Bonchev–Trinajstić information content (AvgIpc) is 2.76. The molecule has 94 valence electrons. The number of hydrogen-bond acceptors (Lipinski definition) is 5. The van der Waals surface area contributed by atoms with Crippen molar-refractivity contribution in [3.05, 3.63) is 29.8 Å². The second-order valence-corrected chi connectivity index (χ2v) is 5.44. The molecule has 1 aromatic carbocycles. The molecule has 1 aromatic heterocycles. The molecule has 18 heavy (non-hydrogen) atoms. The molecule has 2 aromatic rings. The predicted octanol–water partition coefficient (Wildman–Crippen LogP) is 1.86. The molecule has 1 heterocycles. The molecule has 0 fully saturated rings. The van der Waals surface area contributed by atoms with Crippen LogP contribution >= 0.6 is 11.8 Å². The number of nitrogens with zero attached hydrogens (tertiary/aromatic N) is 4. The van der Waals surface area contributed by atoms with Crippen LogP contribution in [0.25, 0.3) is 5.69 Å². The molecule has 0 amide bonds. The Morgan fingerprint density at radius 1 is 1.33 bits per heavy atom. The third-order valence-electron chi connectivity index (χ3n) is 2.14. The van der Waals surface area contributed by atoms with Gasteiger partial charge in [0.1, 0.15) is 0 Å². The predicted molar refractivity (Wildman–Crippen MR) is 67.1 cm³/mol. The Kier molecular flexibility index (Phi) is 3.61. The van der Waals surface area contributed by atoms with E-state index in [1.807, 2.05) is 0 Å². The summed E-state index contributed by atoms with van der Waals surface area (Å²) in [4.78, 5) is 10.8. The van der Waals surface area contributed by atoms with Gasteiger partial charge in [0, 0.05) is 5.25 Å². The summed E-state index contributed by atoms with van der Waals surface area (Å²) in [5.74, 6) is -0.949. The van der Waals surface area contributed by atoms with Crippen LogP contribution < -0.4 is 0 Å². The first-order chi connectivity index (χ1) is 8.58. The zero-order valence-corrected chi connectivity index (χ0v) is 10.8. The molecule has 7 heteroatoms. The van der Waals surface area contributed by atoms with Crippen molar-refractivity contribution in [1.29, 1.82) is 0 Å². The van der Waals surface area contributed by atoms with E-state index in [1.165, 1.54) is 12.1 Å². The van der Waals surface area contributed by atoms with Gasteiger partial charge in [-0.1, -0.05) is 25.6 Å². The highest BCUT2D eigenvalue weighted by Gasteiger charge is 2.11. The molecule has 1 N–H and O–H groups in total. The van der Waals surface area contributed by atoms with Gasteiger partial charge < -0.3 is 5.11 Å². The topological polar surface area (TPSA) is 80.9 Å². The molecule has 0 radical (unpaired) electrons. The second kappa shape index (κ2) is 5.18. The van der Waals surface area contributed by atoms with Crippen molar-refractivity contribution < 1.29 is 9.90 Å². The molecule has 0 saturated heterocycles. The molecule has 0 aliphatic rings. The minimum atomic E-state index is -0.949. The highest BCUT2D eigenvalue weighted by Crippen LogP contribution is 2.22. The molecule has 0 bridgehead atoms. The van der Waals surface area contributed by atoms with Gasteiger partial charge in [0.2, 0.25) is 5.16 Å². The van der Waals surface area contributed by atoms with Crippen LogP contribution in [0, 0.1) is 0 Å². The van der Waals surface area contributed by atoms with Gasteiger partial charge in [-0.15, -0.1) is 5.10 Å². The van der Waals surface area contributed by atoms with Gasteiger partial charge in [-0.05, 0) is 34.7 Å². The number of aromatic nitrogens is 4. The van der Waals surface area contributed by atoms with Crippen molar-refractivity contribution in [2.45, 2.75) is 24.3 Å². The Balaban J connectivity index is 2.31. The number of carboxylic acids is 1. The monoisotopic (exact) mass is 264 g/mol. The van der Waals surface area contributed by atoms with Crippen molar-refractivity contribution >= 4 is 17.7 Å². The fourth-order valence-corrected chi connectivity index (χ4v) is 2.12. The number of benzene rings is 1. The van der Waals surface area contributed by atoms with Crippen molar-refractivity contribution in [3.8, 4) is 5.69 Å². The van der Waals surface area contributed by atoms with Crippen molar-refractivity contribution in [3.63, 3.8) is 0 Å². The van der Waals surface area contributed by atoms with E-state index in [-0.39, 0.29) is 5.56 Å². The van der Waals surface area contributed by atoms with E-state index in [2.05, 4.69) is 29.4 Å². The van der Waals surface area contributed by atoms with Gasteiger partial charge in [-0.2, -0.15) is 4.68 Å². The summed E-state index contributed by atoms with van der Waals surface area (Å²) < 4.78 is 1.59. The van der Waals surface area contributed by atoms with Crippen molar-refractivity contribution in [2.75, 3.05) is 0 Å². The molecular weight excluding hydrogens is 252 g/mol. The summed E-state index contributed by atoms with van der Waals surface area (Å²) in [5, 5.41) is 21.4. The van der Waals surface area contributed by atoms with Crippen LogP contribution in [0.3, 0.4) is 0 Å². The Labute approximate surface area is 108 Å². The number of aromatic carboxylic acids is 1. The number of hydrogen-bond donors (Lipinski definition) is 1. The van der Waals surface area contributed by atoms with E-state index in [0.717, 1.165) is 5.69 Å². The Morgan fingerprint density at radius 2 is 2.00 bits per heavy atom. The maximum absolute atomic E-state index is 10.8. The highest BCUT2D eigenvalue weighted by atomic mass is 32.2. The lowest BCUT2D eigenvalue weighted by atomic mass is 10.2. The van der Waals surface area contributed by atoms with Crippen molar-refractivity contribution in [1.82, 2.24) is 20.2 Å². The smallest absolute Gasteiger partial charge is 0.335 e. The first-order valence-corrected chi connectivity index (χ1v) is 6.24. The van der Waals surface area contributed by atoms with E-state index in [0.29, 0.717) is 10.4 Å².